The fraction of sp³-hybridized carbons (Fsp3) is 0.571. The lowest BCUT2D eigenvalue weighted by Gasteiger charge is -2.20. The Morgan fingerprint density at radius 1 is 1.25 bits per heavy atom. The van der Waals surface area contributed by atoms with Crippen LogP contribution in [0.2, 0.25) is 0 Å². The molecule has 0 aromatic heterocycles. The fourth-order valence-electron chi connectivity index (χ4n) is 1.92. The summed E-state index contributed by atoms with van der Waals surface area (Å²) in [6.07, 6.45) is 3.40. The van der Waals surface area contributed by atoms with Gasteiger partial charge in [-0.3, -0.25) is 0 Å². The van der Waals surface area contributed by atoms with Gasteiger partial charge in [-0.25, -0.2) is 0 Å². The SMILES string of the molecule is CCC[C@@H](N)CN(C)CCc1ccccc1. The third-order valence-electron chi connectivity index (χ3n) is 2.83. The summed E-state index contributed by atoms with van der Waals surface area (Å²) in [5.41, 5.74) is 7.41. The molecule has 16 heavy (non-hydrogen) atoms. The molecule has 0 saturated heterocycles. The second-order valence-electron chi connectivity index (χ2n) is 4.55. The van der Waals surface area contributed by atoms with Crippen molar-refractivity contribution in [2.24, 2.45) is 5.73 Å². The van der Waals surface area contributed by atoms with Crippen LogP contribution >= 0.6 is 0 Å². The molecule has 0 radical (unpaired) electrons. The van der Waals surface area contributed by atoms with Crippen LogP contribution in [0.1, 0.15) is 25.3 Å². The van der Waals surface area contributed by atoms with Crippen molar-refractivity contribution in [3.8, 4) is 0 Å². The van der Waals surface area contributed by atoms with E-state index >= 15 is 0 Å². The smallest absolute Gasteiger partial charge is 0.0167 e. The van der Waals surface area contributed by atoms with Gasteiger partial charge in [0.05, 0.1) is 0 Å². The summed E-state index contributed by atoms with van der Waals surface area (Å²) < 4.78 is 0. The lowest BCUT2D eigenvalue weighted by atomic mass is 10.1. The molecule has 2 nitrogen and oxygen atoms in total. The number of benzene rings is 1. The van der Waals surface area contributed by atoms with Gasteiger partial charge in [0.25, 0.3) is 0 Å². The van der Waals surface area contributed by atoms with E-state index in [0.717, 1.165) is 25.9 Å². The van der Waals surface area contributed by atoms with Gasteiger partial charge in [0.2, 0.25) is 0 Å². The van der Waals surface area contributed by atoms with E-state index in [9.17, 15) is 0 Å². The van der Waals surface area contributed by atoms with Crippen molar-refractivity contribution >= 4 is 0 Å². The monoisotopic (exact) mass is 220 g/mol. The van der Waals surface area contributed by atoms with Crippen LogP contribution in [0, 0.1) is 0 Å². The Balaban J connectivity index is 2.22. The molecule has 0 bridgehead atoms. The van der Waals surface area contributed by atoms with Gasteiger partial charge in [0.15, 0.2) is 0 Å². The topological polar surface area (TPSA) is 29.3 Å². The summed E-state index contributed by atoms with van der Waals surface area (Å²) in [5, 5.41) is 0. The van der Waals surface area contributed by atoms with E-state index in [2.05, 4.69) is 49.2 Å². The lowest BCUT2D eigenvalue weighted by molar-refractivity contribution is 0.307. The second kappa shape index (κ2) is 7.42. The van der Waals surface area contributed by atoms with E-state index < -0.39 is 0 Å². The van der Waals surface area contributed by atoms with Crippen molar-refractivity contribution in [3.63, 3.8) is 0 Å². The Labute approximate surface area is 99.5 Å². The molecule has 0 aliphatic carbocycles. The third-order valence-corrected chi connectivity index (χ3v) is 2.83. The summed E-state index contributed by atoms with van der Waals surface area (Å²) >= 11 is 0. The number of nitrogens with two attached hydrogens (primary N) is 1. The molecule has 0 aliphatic rings. The lowest BCUT2D eigenvalue weighted by Crippen LogP contribution is -2.36. The van der Waals surface area contributed by atoms with E-state index in [0.29, 0.717) is 6.04 Å². The number of rotatable bonds is 7. The molecule has 0 spiro atoms. The van der Waals surface area contributed by atoms with Gasteiger partial charge >= 0.3 is 0 Å². The van der Waals surface area contributed by atoms with Crippen LogP contribution < -0.4 is 5.73 Å². The van der Waals surface area contributed by atoms with Crippen LogP contribution in [0.25, 0.3) is 0 Å². The molecule has 2 N–H and O–H groups in total. The second-order valence-corrected chi connectivity index (χ2v) is 4.55. The highest BCUT2D eigenvalue weighted by atomic mass is 15.1. The molecule has 2 heteroatoms. The van der Waals surface area contributed by atoms with E-state index in [1.54, 1.807) is 0 Å². The van der Waals surface area contributed by atoms with Crippen molar-refractivity contribution in [2.75, 3.05) is 20.1 Å². The quantitative estimate of drug-likeness (QED) is 0.764. The fourth-order valence-corrected chi connectivity index (χ4v) is 1.92. The van der Waals surface area contributed by atoms with E-state index in [1.807, 2.05) is 0 Å². The molecule has 1 atom stereocenters. The van der Waals surface area contributed by atoms with Crippen molar-refractivity contribution < 1.29 is 0 Å². The molecule has 1 aromatic carbocycles. The van der Waals surface area contributed by atoms with Gasteiger partial charge in [-0.2, -0.15) is 0 Å². The first kappa shape index (κ1) is 13.2. The summed E-state index contributed by atoms with van der Waals surface area (Å²) in [6.45, 7) is 4.27. The summed E-state index contributed by atoms with van der Waals surface area (Å²) in [6, 6.07) is 10.9. The van der Waals surface area contributed by atoms with Gasteiger partial charge in [0, 0.05) is 19.1 Å². The Morgan fingerprint density at radius 3 is 2.56 bits per heavy atom. The maximum absolute atomic E-state index is 6.01. The molecule has 0 aliphatic heterocycles. The Kier molecular flexibility index (Phi) is 6.12. The third kappa shape index (κ3) is 5.29. The van der Waals surface area contributed by atoms with Crippen LogP contribution in [0.4, 0.5) is 0 Å². The highest BCUT2D eigenvalue weighted by Crippen LogP contribution is 2.02. The zero-order chi connectivity index (χ0) is 11.8. The van der Waals surface area contributed by atoms with Gasteiger partial charge in [0.1, 0.15) is 0 Å². The molecule has 90 valence electrons. The van der Waals surface area contributed by atoms with Crippen LogP contribution in [0.3, 0.4) is 0 Å². The summed E-state index contributed by atoms with van der Waals surface area (Å²) in [4.78, 5) is 2.33. The zero-order valence-corrected chi connectivity index (χ0v) is 10.5. The molecular weight excluding hydrogens is 196 g/mol. The number of likely N-dealkylation sites (N-methyl/N-ethyl adjacent to an activating group) is 1. The number of nitrogens with zero attached hydrogens (tertiary/aromatic N) is 1. The van der Waals surface area contributed by atoms with E-state index in [4.69, 9.17) is 5.73 Å². The van der Waals surface area contributed by atoms with Crippen molar-refractivity contribution in [1.29, 1.82) is 0 Å². The Morgan fingerprint density at radius 2 is 1.94 bits per heavy atom. The Hall–Kier alpha value is -0.860. The first-order valence-corrected chi connectivity index (χ1v) is 6.20. The predicted octanol–water partition coefficient (Wildman–Crippen LogP) is 2.29. The average Bonchev–Trinajstić information content (AvgIpc) is 2.28. The van der Waals surface area contributed by atoms with Crippen LogP contribution in [-0.4, -0.2) is 31.1 Å². The molecule has 1 aromatic rings. The first-order chi connectivity index (χ1) is 7.72. The summed E-state index contributed by atoms with van der Waals surface area (Å²) in [5.74, 6) is 0. The Bertz CT molecular complexity index is 271. The minimum Gasteiger partial charge on any atom is -0.327 e. The van der Waals surface area contributed by atoms with Gasteiger partial charge in [-0.1, -0.05) is 43.7 Å². The van der Waals surface area contributed by atoms with Crippen LogP contribution in [0.5, 0.6) is 0 Å². The molecular formula is C14H24N2. The van der Waals surface area contributed by atoms with Gasteiger partial charge in [-0.05, 0) is 25.5 Å². The molecule has 0 amide bonds. The minimum absolute atomic E-state index is 0.325. The maximum Gasteiger partial charge on any atom is 0.0167 e. The van der Waals surface area contributed by atoms with Crippen molar-refractivity contribution in [1.82, 2.24) is 4.90 Å². The molecule has 0 unspecified atom stereocenters. The predicted molar refractivity (Wildman–Crippen MR) is 70.5 cm³/mol. The standard InChI is InChI=1S/C14H24N2/c1-3-7-14(15)12-16(2)11-10-13-8-5-4-6-9-13/h4-6,8-9,14H,3,7,10-12,15H2,1-2H3/t14-/m1/s1. The number of hydrogen-bond acceptors (Lipinski definition) is 2. The molecule has 0 heterocycles. The van der Waals surface area contributed by atoms with E-state index in [-0.39, 0.29) is 0 Å². The van der Waals surface area contributed by atoms with Crippen molar-refractivity contribution in [3.05, 3.63) is 35.9 Å². The zero-order valence-electron chi connectivity index (χ0n) is 10.5. The molecule has 0 fully saturated rings. The highest BCUT2D eigenvalue weighted by Gasteiger charge is 2.05. The largest absolute Gasteiger partial charge is 0.327 e. The molecule has 1 rings (SSSR count). The highest BCUT2D eigenvalue weighted by molar-refractivity contribution is 5.14. The average molecular weight is 220 g/mol. The van der Waals surface area contributed by atoms with Gasteiger partial charge in [-0.15, -0.1) is 0 Å². The normalized spacial score (nSPS) is 13.0. The maximum atomic E-state index is 6.01. The van der Waals surface area contributed by atoms with E-state index in [1.165, 1.54) is 12.0 Å². The minimum atomic E-state index is 0.325. The summed E-state index contributed by atoms with van der Waals surface area (Å²) in [7, 11) is 2.15. The molecule has 0 saturated carbocycles. The number of hydrogen-bond donors (Lipinski definition) is 1. The first-order valence-electron chi connectivity index (χ1n) is 6.20. The van der Waals surface area contributed by atoms with Crippen LogP contribution in [-0.2, 0) is 6.42 Å². The van der Waals surface area contributed by atoms with Crippen LogP contribution in [0.15, 0.2) is 30.3 Å². The van der Waals surface area contributed by atoms with Crippen molar-refractivity contribution in [2.45, 2.75) is 32.2 Å². The van der Waals surface area contributed by atoms with Gasteiger partial charge < -0.3 is 10.6 Å².